The van der Waals surface area contributed by atoms with Gasteiger partial charge in [-0.3, -0.25) is 4.90 Å². The van der Waals surface area contributed by atoms with Crippen molar-refractivity contribution in [2.24, 2.45) is 11.7 Å². The van der Waals surface area contributed by atoms with Gasteiger partial charge in [0.15, 0.2) is 11.4 Å². The number of hydrogen-bond donors (Lipinski definition) is 1. The van der Waals surface area contributed by atoms with Crippen LogP contribution in [-0.4, -0.2) is 48.8 Å². The van der Waals surface area contributed by atoms with Gasteiger partial charge in [0.2, 0.25) is 0 Å². The summed E-state index contributed by atoms with van der Waals surface area (Å²) in [5, 5.41) is 5.45. The molecule has 5 heteroatoms. The molecule has 1 aromatic heterocycles. The number of piperidine rings is 1. The number of para-hydroxylation sites is 1. The standard InChI is InChI=1S/C17H24N4O/c18-8-7-13-5-6-14-12-21(10-9-20(14)11-13)17-15-3-1-2-4-16(15)22-19-17/h1-4,13-14H,5-12,18H2/t13-,14+/m1/s1. The largest absolute Gasteiger partial charge is 0.354 e. The molecule has 0 radical (unpaired) electrons. The van der Waals surface area contributed by atoms with E-state index in [0.717, 1.165) is 48.9 Å². The van der Waals surface area contributed by atoms with Crippen molar-refractivity contribution in [3.63, 3.8) is 0 Å². The van der Waals surface area contributed by atoms with Crippen molar-refractivity contribution in [2.75, 3.05) is 37.6 Å². The zero-order chi connectivity index (χ0) is 14.9. The fourth-order valence-corrected chi connectivity index (χ4v) is 4.02. The average molecular weight is 300 g/mol. The second-order valence-corrected chi connectivity index (χ2v) is 6.62. The third kappa shape index (κ3) is 2.48. The predicted molar refractivity (Wildman–Crippen MR) is 88.0 cm³/mol. The van der Waals surface area contributed by atoms with Gasteiger partial charge in [-0.25, -0.2) is 0 Å². The fourth-order valence-electron chi connectivity index (χ4n) is 4.02. The first-order valence-electron chi connectivity index (χ1n) is 8.38. The van der Waals surface area contributed by atoms with Gasteiger partial charge < -0.3 is 15.2 Å². The summed E-state index contributed by atoms with van der Waals surface area (Å²) in [5.74, 6) is 1.81. The van der Waals surface area contributed by atoms with E-state index in [1.807, 2.05) is 12.1 Å². The molecule has 2 aromatic rings. The first-order valence-corrected chi connectivity index (χ1v) is 8.38. The van der Waals surface area contributed by atoms with Crippen molar-refractivity contribution in [2.45, 2.75) is 25.3 Å². The minimum absolute atomic E-state index is 0.651. The van der Waals surface area contributed by atoms with Crippen molar-refractivity contribution in [3.8, 4) is 0 Å². The summed E-state index contributed by atoms with van der Waals surface area (Å²) in [5.41, 5.74) is 6.60. The molecule has 0 amide bonds. The van der Waals surface area contributed by atoms with Crippen LogP contribution < -0.4 is 10.6 Å². The van der Waals surface area contributed by atoms with Gasteiger partial charge in [0.25, 0.3) is 0 Å². The second-order valence-electron chi connectivity index (χ2n) is 6.62. The van der Waals surface area contributed by atoms with Gasteiger partial charge in [-0.05, 0) is 43.9 Å². The molecule has 118 valence electrons. The van der Waals surface area contributed by atoms with Crippen LogP contribution in [-0.2, 0) is 0 Å². The minimum atomic E-state index is 0.651. The zero-order valence-corrected chi connectivity index (χ0v) is 12.9. The molecule has 1 aromatic carbocycles. The Morgan fingerprint density at radius 1 is 1.18 bits per heavy atom. The maximum absolute atomic E-state index is 5.72. The molecule has 2 aliphatic heterocycles. The topological polar surface area (TPSA) is 58.5 Å². The summed E-state index contributed by atoms with van der Waals surface area (Å²) in [6, 6.07) is 8.79. The lowest BCUT2D eigenvalue weighted by Crippen LogP contribution is -2.56. The van der Waals surface area contributed by atoms with Crippen LogP contribution in [0.4, 0.5) is 5.82 Å². The van der Waals surface area contributed by atoms with Crippen LogP contribution in [0.15, 0.2) is 28.8 Å². The monoisotopic (exact) mass is 300 g/mol. The Labute approximate surface area is 131 Å². The predicted octanol–water partition coefficient (Wildman–Crippen LogP) is 2.08. The van der Waals surface area contributed by atoms with Crippen LogP contribution in [0.25, 0.3) is 11.0 Å². The van der Waals surface area contributed by atoms with Gasteiger partial charge >= 0.3 is 0 Å². The van der Waals surface area contributed by atoms with Gasteiger partial charge in [0.05, 0.1) is 5.39 Å². The lowest BCUT2D eigenvalue weighted by Gasteiger charge is -2.46. The molecule has 2 atom stereocenters. The molecule has 2 N–H and O–H groups in total. The van der Waals surface area contributed by atoms with Gasteiger partial charge in [-0.1, -0.05) is 17.3 Å². The van der Waals surface area contributed by atoms with Crippen LogP contribution in [0.5, 0.6) is 0 Å². The van der Waals surface area contributed by atoms with Crippen molar-refractivity contribution >= 4 is 16.8 Å². The van der Waals surface area contributed by atoms with Gasteiger partial charge in [0, 0.05) is 32.2 Å². The zero-order valence-electron chi connectivity index (χ0n) is 12.9. The van der Waals surface area contributed by atoms with Crippen LogP contribution >= 0.6 is 0 Å². The van der Waals surface area contributed by atoms with Crippen molar-refractivity contribution in [3.05, 3.63) is 24.3 Å². The highest BCUT2D eigenvalue weighted by atomic mass is 16.5. The number of fused-ring (bicyclic) bond motifs is 2. The SMILES string of the molecule is NCC[C@H]1CC[C@H]2CN(c3noc4ccccc34)CCN2C1. The molecule has 2 saturated heterocycles. The Morgan fingerprint density at radius 3 is 3.00 bits per heavy atom. The van der Waals surface area contributed by atoms with Crippen molar-refractivity contribution in [1.29, 1.82) is 0 Å². The number of hydrogen-bond acceptors (Lipinski definition) is 5. The summed E-state index contributed by atoms with van der Waals surface area (Å²) in [6.45, 7) is 5.25. The number of nitrogens with zero attached hydrogens (tertiary/aromatic N) is 3. The third-order valence-corrected chi connectivity index (χ3v) is 5.24. The Morgan fingerprint density at radius 2 is 2.09 bits per heavy atom. The summed E-state index contributed by atoms with van der Waals surface area (Å²) < 4.78 is 5.47. The normalized spacial score (nSPS) is 26.3. The van der Waals surface area contributed by atoms with E-state index in [4.69, 9.17) is 10.3 Å². The molecule has 0 saturated carbocycles. The molecule has 0 aliphatic carbocycles. The quantitative estimate of drug-likeness (QED) is 0.940. The molecule has 0 bridgehead atoms. The summed E-state index contributed by atoms with van der Waals surface area (Å²) in [7, 11) is 0. The Bertz CT molecular complexity index is 640. The third-order valence-electron chi connectivity index (χ3n) is 5.24. The lowest BCUT2D eigenvalue weighted by molar-refractivity contribution is 0.0928. The molecule has 22 heavy (non-hydrogen) atoms. The van der Waals surface area contributed by atoms with E-state index in [9.17, 15) is 0 Å². The maximum Gasteiger partial charge on any atom is 0.180 e. The second kappa shape index (κ2) is 5.89. The Kier molecular flexibility index (Phi) is 3.76. The van der Waals surface area contributed by atoms with Crippen molar-refractivity contribution < 1.29 is 4.52 Å². The Hall–Kier alpha value is -1.59. The maximum atomic E-state index is 5.72. The molecule has 4 rings (SSSR count). The number of benzene rings is 1. The number of piperazine rings is 1. The number of rotatable bonds is 3. The van der Waals surface area contributed by atoms with E-state index in [1.54, 1.807) is 0 Å². The molecule has 2 fully saturated rings. The molecule has 3 heterocycles. The number of aromatic nitrogens is 1. The highest BCUT2D eigenvalue weighted by Crippen LogP contribution is 2.31. The summed E-state index contributed by atoms with van der Waals surface area (Å²) in [4.78, 5) is 5.05. The van der Waals surface area contributed by atoms with Crippen molar-refractivity contribution in [1.82, 2.24) is 10.1 Å². The molecular weight excluding hydrogens is 276 g/mol. The van der Waals surface area contributed by atoms with E-state index in [2.05, 4.69) is 27.1 Å². The van der Waals surface area contributed by atoms with E-state index < -0.39 is 0 Å². The lowest BCUT2D eigenvalue weighted by atomic mass is 9.89. The Balaban J connectivity index is 1.49. The van der Waals surface area contributed by atoms with Crippen LogP contribution in [0.3, 0.4) is 0 Å². The fraction of sp³-hybridized carbons (Fsp3) is 0.588. The smallest absolute Gasteiger partial charge is 0.180 e. The molecule has 2 aliphatic rings. The molecule has 5 nitrogen and oxygen atoms in total. The summed E-state index contributed by atoms with van der Waals surface area (Å²) in [6.07, 6.45) is 3.75. The highest BCUT2D eigenvalue weighted by molar-refractivity contribution is 5.88. The first kappa shape index (κ1) is 14.0. The van der Waals surface area contributed by atoms with Gasteiger partial charge in [-0.2, -0.15) is 0 Å². The van der Waals surface area contributed by atoms with E-state index >= 15 is 0 Å². The van der Waals surface area contributed by atoms with Crippen LogP contribution in [0, 0.1) is 5.92 Å². The van der Waals surface area contributed by atoms with Crippen LogP contribution in [0.1, 0.15) is 19.3 Å². The minimum Gasteiger partial charge on any atom is -0.354 e. The van der Waals surface area contributed by atoms with E-state index in [0.29, 0.717) is 6.04 Å². The first-order chi connectivity index (χ1) is 10.8. The van der Waals surface area contributed by atoms with E-state index in [-0.39, 0.29) is 0 Å². The number of anilines is 1. The van der Waals surface area contributed by atoms with Gasteiger partial charge in [-0.15, -0.1) is 0 Å². The van der Waals surface area contributed by atoms with Crippen LogP contribution in [0.2, 0.25) is 0 Å². The van der Waals surface area contributed by atoms with Gasteiger partial charge in [0.1, 0.15) is 0 Å². The van der Waals surface area contributed by atoms with E-state index in [1.165, 1.54) is 25.8 Å². The summed E-state index contributed by atoms with van der Waals surface area (Å²) >= 11 is 0. The number of nitrogens with two attached hydrogens (primary N) is 1. The average Bonchev–Trinajstić information content (AvgIpc) is 2.99. The highest BCUT2D eigenvalue weighted by Gasteiger charge is 2.33. The molecule has 0 spiro atoms. The molecule has 0 unspecified atom stereocenters. The molecular formula is C17H24N4O.